The van der Waals surface area contributed by atoms with Crippen LogP contribution in [0.25, 0.3) is 5.69 Å². The normalized spacial score (nSPS) is 10.4. The van der Waals surface area contributed by atoms with E-state index < -0.39 is 5.91 Å². The zero-order chi connectivity index (χ0) is 15.4. The van der Waals surface area contributed by atoms with Crippen molar-refractivity contribution in [1.29, 1.82) is 0 Å². The van der Waals surface area contributed by atoms with Crippen LogP contribution in [0, 0.1) is 6.92 Å². The largest absolute Gasteiger partial charge is 0.462 e. The van der Waals surface area contributed by atoms with Gasteiger partial charge in [0.25, 0.3) is 5.91 Å². The fourth-order valence-corrected chi connectivity index (χ4v) is 1.82. The summed E-state index contributed by atoms with van der Waals surface area (Å²) in [4.78, 5) is 22.8. The van der Waals surface area contributed by atoms with Crippen LogP contribution in [-0.2, 0) is 4.74 Å². The molecule has 110 valence electrons. The minimum Gasteiger partial charge on any atom is -0.462 e. The number of carbonyl (C=O) groups is 2. The van der Waals surface area contributed by atoms with E-state index in [0.29, 0.717) is 23.6 Å². The Morgan fingerprint density at radius 3 is 2.48 bits per heavy atom. The molecule has 0 fully saturated rings. The third-order valence-electron chi connectivity index (χ3n) is 2.91. The second-order valence-corrected chi connectivity index (χ2v) is 4.48. The quantitative estimate of drug-likeness (QED) is 0.834. The Hall–Kier alpha value is -2.70. The van der Waals surface area contributed by atoms with E-state index in [1.807, 2.05) is 6.92 Å². The van der Waals surface area contributed by atoms with Crippen molar-refractivity contribution in [2.75, 3.05) is 6.61 Å². The monoisotopic (exact) mass is 288 g/mol. The number of amides is 1. The number of nitrogens with zero attached hydrogens (tertiary/aromatic N) is 3. The summed E-state index contributed by atoms with van der Waals surface area (Å²) in [6.07, 6.45) is 0.776. The van der Waals surface area contributed by atoms with E-state index in [1.165, 1.54) is 4.68 Å². The molecule has 7 heteroatoms. The average molecular weight is 288 g/mol. The van der Waals surface area contributed by atoms with Crippen LogP contribution in [0.2, 0.25) is 0 Å². The molecule has 7 nitrogen and oxygen atoms in total. The van der Waals surface area contributed by atoms with Gasteiger partial charge in [-0.25, -0.2) is 9.48 Å². The van der Waals surface area contributed by atoms with Gasteiger partial charge in [0.05, 0.1) is 23.6 Å². The molecule has 1 aromatic carbocycles. The van der Waals surface area contributed by atoms with Crippen molar-refractivity contribution >= 4 is 11.9 Å². The van der Waals surface area contributed by atoms with Gasteiger partial charge < -0.3 is 10.5 Å². The molecule has 2 N–H and O–H groups in total. The molecule has 0 atom stereocenters. The smallest absolute Gasteiger partial charge is 0.338 e. The fraction of sp³-hybridized carbons (Fsp3) is 0.286. The van der Waals surface area contributed by atoms with Crippen LogP contribution < -0.4 is 5.73 Å². The van der Waals surface area contributed by atoms with Gasteiger partial charge in [-0.2, -0.15) is 0 Å². The van der Waals surface area contributed by atoms with E-state index in [0.717, 1.165) is 6.42 Å². The number of ether oxygens (including phenoxy) is 1. The van der Waals surface area contributed by atoms with Gasteiger partial charge in [-0.1, -0.05) is 12.1 Å². The summed E-state index contributed by atoms with van der Waals surface area (Å²) in [5.41, 5.74) is 7.01. The molecule has 21 heavy (non-hydrogen) atoms. The molecule has 2 aromatic rings. The highest BCUT2D eigenvalue weighted by Gasteiger charge is 2.15. The molecule has 0 aliphatic heterocycles. The first-order valence-corrected chi connectivity index (χ1v) is 6.54. The first kappa shape index (κ1) is 14.7. The van der Waals surface area contributed by atoms with Crippen LogP contribution in [-0.4, -0.2) is 33.5 Å². The van der Waals surface area contributed by atoms with Crippen molar-refractivity contribution in [3.8, 4) is 5.69 Å². The van der Waals surface area contributed by atoms with Gasteiger partial charge in [0.15, 0.2) is 5.69 Å². The molecule has 0 aliphatic carbocycles. The van der Waals surface area contributed by atoms with Gasteiger partial charge in [0, 0.05) is 0 Å². The van der Waals surface area contributed by atoms with Crippen molar-refractivity contribution in [3.63, 3.8) is 0 Å². The van der Waals surface area contributed by atoms with Crippen molar-refractivity contribution in [2.24, 2.45) is 5.73 Å². The van der Waals surface area contributed by atoms with Crippen LogP contribution >= 0.6 is 0 Å². The third kappa shape index (κ3) is 3.07. The zero-order valence-corrected chi connectivity index (χ0v) is 11.9. The number of hydrogen-bond donors (Lipinski definition) is 1. The topological polar surface area (TPSA) is 100 Å². The number of aromatic nitrogens is 3. The lowest BCUT2D eigenvalue weighted by Gasteiger charge is -2.06. The van der Waals surface area contributed by atoms with Crippen molar-refractivity contribution in [1.82, 2.24) is 15.0 Å². The standard InChI is InChI=1S/C14H16N4O3/c1-3-8-21-14(20)10-4-6-11(7-5-10)18-9(2)12(13(15)19)16-17-18/h4-7H,3,8H2,1-2H3,(H2,15,19). The van der Waals surface area contributed by atoms with Crippen molar-refractivity contribution in [3.05, 3.63) is 41.2 Å². The second-order valence-electron chi connectivity index (χ2n) is 4.48. The first-order valence-electron chi connectivity index (χ1n) is 6.54. The molecular formula is C14H16N4O3. The highest BCUT2D eigenvalue weighted by molar-refractivity contribution is 5.92. The van der Waals surface area contributed by atoms with Gasteiger partial charge in [0.2, 0.25) is 0 Å². The maximum absolute atomic E-state index is 11.7. The molecule has 2 rings (SSSR count). The summed E-state index contributed by atoms with van der Waals surface area (Å²) in [5, 5.41) is 7.62. The molecule has 0 spiro atoms. The third-order valence-corrected chi connectivity index (χ3v) is 2.91. The summed E-state index contributed by atoms with van der Waals surface area (Å²) in [6.45, 7) is 4.02. The maximum Gasteiger partial charge on any atom is 0.338 e. The molecule has 0 saturated heterocycles. The lowest BCUT2D eigenvalue weighted by Crippen LogP contribution is -2.13. The Balaban J connectivity index is 2.23. The van der Waals surface area contributed by atoms with E-state index in [1.54, 1.807) is 31.2 Å². The van der Waals surface area contributed by atoms with Gasteiger partial charge in [-0.05, 0) is 37.6 Å². The number of nitrogens with two attached hydrogens (primary N) is 1. The Bertz CT molecular complexity index is 661. The number of primary amides is 1. The van der Waals surface area contributed by atoms with Crippen molar-refractivity contribution in [2.45, 2.75) is 20.3 Å². The molecule has 0 aliphatic rings. The number of esters is 1. The van der Waals surface area contributed by atoms with E-state index >= 15 is 0 Å². The van der Waals surface area contributed by atoms with Gasteiger partial charge in [-0.3, -0.25) is 4.79 Å². The molecular weight excluding hydrogens is 272 g/mol. The Kier molecular flexibility index (Phi) is 4.32. The van der Waals surface area contributed by atoms with Crippen LogP contribution in [0.5, 0.6) is 0 Å². The number of benzene rings is 1. The molecule has 1 amide bonds. The van der Waals surface area contributed by atoms with E-state index in [9.17, 15) is 9.59 Å². The lowest BCUT2D eigenvalue weighted by atomic mass is 10.2. The van der Waals surface area contributed by atoms with Gasteiger partial charge in [0.1, 0.15) is 0 Å². The van der Waals surface area contributed by atoms with Gasteiger partial charge in [-0.15, -0.1) is 5.10 Å². The molecule has 0 saturated carbocycles. The number of rotatable bonds is 5. The second kappa shape index (κ2) is 6.17. The highest BCUT2D eigenvalue weighted by Crippen LogP contribution is 2.13. The molecule has 1 heterocycles. The van der Waals surface area contributed by atoms with E-state index in [-0.39, 0.29) is 11.7 Å². The lowest BCUT2D eigenvalue weighted by molar-refractivity contribution is 0.0505. The molecule has 1 aromatic heterocycles. The summed E-state index contributed by atoms with van der Waals surface area (Å²) < 4.78 is 6.53. The minimum absolute atomic E-state index is 0.126. The SMILES string of the molecule is CCCOC(=O)c1ccc(-n2nnc(C(N)=O)c2C)cc1. The molecule has 0 unspecified atom stereocenters. The predicted molar refractivity (Wildman–Crippen MR) is 75.2 cm³/mol. The number of hydrogen-bond acceptors (Lipinski definition) is 5. The maximum atomic E-state index is 11.7. The van der Waals surface area contributed by atoms with Crippen molar-refractivity contribution < 1.29 is 14.3 Å². The summed E-state index contributed by atoms with van der Waals surface area (Å²) in [7, 11) is 0. The fourth-order valence-electron chi connectivity index (χ4n) is 1.82. The average Bonchev–Trinajstić information content (AvgIpc) is 2.87. The Morgan fingerprint density at radius 2 is 1.95 bits per heavy atom. The first-order chi connectivity index (χ1) is 10.0. The highest BCUT2D eigenvalue weighted by atomic mass is 16.5. The number of carbonyl (C=O) groups excluding carboxylic acids is 2. The van der Waals surface area contributed by atoms with Crippen LogP contribution in [0.1, 0.15) is 39.9 Å². The molecule has 0 bridgehead atoms. The van der Waals surface area contributed by atoms with Gasteiger partial charge >= 0.3 is 5.97 Å². The summed E-state index contributed by atoms with van der Waals surface area (Å²) >= 11 is 0. The van der Waals surface area contributed by atoms with E-state index in [2.05, 4.69) is 10.3 Å². The summed E-state index contributed by atoms with van der Waals surface area (Å²) in [6, 6.07) is 6.68. The van der Waals surface area contributed by atoms with Crippen LogP contribution in [0.4, 0.5) is 0 Å². The Morgan fingerprint density at radius 1 is 1.29 bits per heavy atom. The summed E-state index contributed by atoms with van der Waals surface area (Å²) in [5.74, 6) is -0.991. The van der Waals surface area contributed by atoms with Crippen LogP contribution in [0.3, 0.4) is 0 Å². The van der Waals surface area contributed by atoms with E-state index in [4.69, 9.17) is 10.5 Å². The minimum atomic E-state index is -0.626. The Labute approximate surface area is 121 Å². The zero-order valence-electron chi connectivity index (χ0n) is 11.9. The van der Waals surface area contributed by atoms with Crippen LogP contribution in [0.15, 0.2) is 24.3 Å². The predicted octanol–water partition coefficient (Wildman–Crippen LogP) is 1.24. The molecule has 0 radical (unpaired) electrons.